The van der Waals surface area contributed by atoms with Crippen LogP contribution in [0.3, 0.4) is 0 Å². The van der Waals surface area contributed by atoms with Crippen molar-refractivity contribution >= 4 is 39.5 Å². The van der Waals surface area contributed by atoms with Gasteiger partial charge in [-0.25, -0.2) is 0 Å². The van der Waals surface area contributed by atoms with Crippen molar-refractivity contribution in [2.24, 2.45) is 5.92 Å². The monoisotopic (exact) mass is 490 g/mol. The van der Waals surface area contributed by atoms with Crippen LogP contribution in [0.2, 0.25) is 0 Å². The molecule has 0 aliphatic heterocycles. The molecule has 0 saturated carbocycles. The summed E-state index contributed by atoms with van der Waals surface area (Å²) in [5, 5.41) is 2.96. The molecule has 30 heavy (non-hydrogen) atoms. The maximum absolute atomic E-state index is 13.1. The Morgan fingerprint density at radius 3 is 2.37 bits per heavy atom. The first-order valence-electron chi connectivity index (χ1n) is 10.2. The number of amides is 2. The lowest BCUT2D eigenvalue weighted by molar-refractivity contribution is -0.138. The maximum atomic E-state index is 13.1. The van der Waals surface area contributed by atoms with E-state index in [9.17, 15) is 9.59 Å². The molecule has 0 saturated heterocycles. The summed E-state index contributed by atoms with van der Waals surface area (Å²) in [6.07, 6.45) is 0. The Balaban J connectivity index is 2.06. The molecule has 0 spiro atoms. The highest BCUT2D eigenvalue weighted by atomic mass is 79.9. The number of hydrogen-bond donors (Lipinski definition) is 1. The van der Waals surface area contributed by atoms with E-state index in [1.165, 1.54) is 5.56 Å². The van der Waals surface area contributed by atoms with Gasteiger partial charge in [-0.2, -0.15) is 0 Å². The van der Waals surface area contributed by atoms with Crippen LogP contribution in [-0.2, 0) is 21.9 Å². The summed E-state index contributed by atoms with van der Waals surface area (Å²) < 4.78 is 1.04. The number of halogens is 1. The molecule has 0 heterocycles. The smallest absolute Gasteiger partial charge is 0.242 e. The molecular weight excluding hydrogens is 460 g/mol. The van der Waals surface area contributed by atoms with E-state index in [0.717, 1.165) is 21.4 Å². The standard InChI is InChI=1S/C24H31BrN2O2S/c1-17(2)13-26-24(29)19(4)27(14-21-8-6-5-7-18(21)3)23(28)16-30-15-20-9-11-22(25)12-10-20/h5-12,17,19H,13-16H2,1-4H3,(H,26,29)/t19-/m0/s1. The summed E-state index contributed by atoms with van der Waals surface area (Å²) in [4.78, 5) is 27.5. The second-order valence-corrected chi connectivity index (χ2v) is 9.78. The van der Waals surface area contributed by atoms with E-state index in [4.69, 9.17) is 0 Å². The van der Waals surface area contributed by atoms with Crippen molar-refractivity contribution in [1.82, 2.24) is 10.2 Å². The zero-order valence-electron chi connectivity index (χ0n) is 18.2. The van der Waals surface area contributed by atoms with Crippen molar-refractivity contribution in [2.75, 3.05) is 12.3 Å². The number of carbonyl (C=O) groups is 2. The topological polar surface area (TPSA) is 49.4 Å². The number of aryl methyl sites for hydroxylation is 1. The number of hydrogen-bond acceptors (Lipinski definition) is 3. The van der Waals surface area contributed by atoms with Crippen molar-refractivity contribution in [3.05, 3.63) is 69.7 Å². The lowest BCUT2D eigenvalue weighted by Crippen LogP contribution is -2.48. The molecule has 4 nitrogen and oxygen atoms in total. The maximum Gasteiger partial charge on any atom is 0.242 e. The van der Waals surface area contributed by atoms with Gasteiger partial charge in [0.25, 0.3) is 0 Å². The molecule has 0 bridgehead atoms. The van der Waals surface area contributed by atoms with Gasteiger partial charge in [0, 0.05) is 23.3 Å². The number of nitrogens with zero attached hydrogens (tertiary/aromatic N) is 1. The van der Waals surface area contributed by atoms with E-state index in [0.29, 0.717) is 24.8 Å². The Labute approximate surface area is 192 Å². The van der Waals surface area contributed by atoms with E-state index in [2.05, 4.69) is 47.2 Å². The molecule has 2 aromatic carbocycles. The van der Waals surface area contributed by atoms with Gasteiger partial charge in [0.1, 0.15) is 6.04 Å². The second kappa shape index (κ2) is 12.2. The minimum atomic E-state index is -0.524. The number of benzene rings is 2. The quantitative estimate of drug-likeness (QED) is 0.498. The predicted octanol–water partition coefficient (Wildman–Crippen LogP) is 5.18. The fraction of sp³-hybridized carbons (Fsp3) is 0.417. The summed E-state index contributed by atoms with van der Waals surface area (Å²) in [7, 11) is 0. The summed E-state index contributed by atoms with van der Waals surface area (Å²) >= 11 is 5.01. The van der Waals surface area contributed by atoms with Crippen LogP contribution in [0.4, 0.5) is 0 Å². The van der Waals surface area contributed by atoms with Crippen LogP contribution in [-0.4, -0.2) is 35.1 Å². The van der Waals surface area contributed by atoms with E-state index >= 15 is 0 Å². The molecule has 0 fully saturated rings. The minimum Gasteiger partial charge on any atom is -0.354 e. The molecule has 0 aliphatic rings. The van der Waals surface area contributed by atoms with E-state index < -0.39 is 6.04 Å². The Bertz CT molecular complexity index is 839. The molecule has 0 unspecified atom stereocenters. The Morgan fingerprint density at radius 2 is 1.73 bits per heavy atom. The van der Waals surface area contributed by atoms with Crippen LogP contribution in [0.25, 0.3) is 0 Å². The molecule has 162 valence electrons. The molecule has 0 radical (unpaired) electrons. The summed E-state index contributed by atoms with van der Waals surface area (Å²) in [5.41, 5.74) is 3.35. The number of thioether (sulfide) groups is 1. The molecule has 0 aliphatic carbocycles. The summed E-state index contributed by atoms with van der Waals surface area (Å²) in [6, 6.07) is 15.6. The number of nitrogens with one attached hydrogen (secondary N) is 1. The van der Waals surface area contributed by atoms with Crippen molar-refractivity contribution < 1.29 is 9.59 Å². The molecule has 1 atom stereocenters. The minimum absolute atomic E-state index is 0.0208. The molecule has 2 amide bonds. The highest BCUT2D eigenvalue weighted by Gasteiger charge is 2.26. The normalized spacial score (nSPS) is 11.9. The number of rotatable bonds is 10. The Hall–Kier alpha value is -1.79. The van der Waals surface area contributed by atoms with Crippen molar-refractivity contribution in [3.63, 3.8) is 0 Å². The predicted molar refractivity (Wildman–Crippen MR) is 129 cm³/mol. The fourth-order valence-electron chi connectivity index (χ4n) is 2.93. The van der Waals surface area contributed by atoms with Gasteiger partial charge in [0.15, 0.2) is 0 Å². The molecule has 0 aromatic heterocycles. The summed E-state index contributed by atoms with van der Waals surface area (Å²) in [5.74, 6) is 1.33. The highest BCUT2D eigenvalue weighted by molar-refractivity contribution is 9.10. The van der Waals surface area contributed by atoms with Gasteiger partial charge in [-0.1, -0.05) is 66.2 Å². The SMILES string of the molecule is Cc1ccccc1CN(C(=O)CSCc1ccc(Br)cc1)[C@@H](C)C(=O)NCC(C)C. The average molecular weight is 491 g/mol. The van der Waals surface area contributed by atoms with Gasteiger partial charge in [-0.3, -0.25) is 9.59 Å². The van der Waals surface area contributed by atoms with Gasteiger partial charge in [-0.05, 0) is 48.6 Å². The molecular formula is C24H31BrN2O2S. The average Bonchev–Trinajstić information content (AvgIpc) is 2.72. The van der Waals surface area contributed by atoms with Gasteiger partial charge < -0.3 is 10.2 Å². The number of carbonyl (C=O) groups excluding carboxylic acids is 2. The summed E-state index contributed by atoms with van der Waals surface area (Å²) in [6.45, 7) is 8.99. The van der Waals surface area contributed by atoms with Crippen molar-refractivity contribution in [1.29, 1.82) is 0 Å². The molecule has 2 rings (SSSR count). The van der Waals surface area contributed by atoms with Crippen LogP contribution in [0, 0.1) is 12.8 Å². The lowest BCUT2D eigenvalue weighted by Gasteiger charge is -2.29. The van der Waals surface area contributed by atoms with Crippen molar-refractivity contribution in [3.8, 4) is 0 Å². The van der Waals surface area contributed by atoms with Gasteiger partial charge in [-0.15, -0.1) is 11.8 Å². The first-order chi connectivity index (χ1) is 14.3. The third kappa shape index (κ3) is 7.80. The molecule has 1 N–H and O–H groups in total. The molecule has 6 heteroatoms. The molecule has 2 aromatic rings. The zero-order valence-corrected chi connectivity index (χ0v) is 20.6. The Morgan fingerprint density at radius 1 is 1.07 bits per heavy atom. The fourth-order valence-corrected chi connectivity index (χ4v) is 4.06. The van der Waals surface area contributed by atoms with E-state index in [1.807, 2.05) is 50.2 Å². The van der Waals surface area contributed by atoms with Crippen LogP contribution in [0.1, 0.15) is 37.5 Å². The first-order valence-corrected chi connectivity index (χ1v) is 12.2. The lowest BCUT2D eigenvalue weighted by atomic mass is 10.1. The third-order valence-corrected chi connectivity index (χ3v) is 6.38. The first kappa shape index (κ1) is 24.5. The second-order valence-electron chi connectivity index (χ2n) is 7.88. The van der Waals surface area contributed by atoms with E-state index in [1.54, 1.807) is 16.7 Å². The largest absolute Gasteiger partial charge is 0.354 e. The Kier molecular flexibility index (Phi) is 9.92. The van der Waals surface area contributed by atoms with Gasteiger partial charge in [0.05, 0.1) is 5.75 Å². The van der Waals surface area contributed by atoms with Crippen LogP contribution in [0.15, 0.2) is 53.0 Å². The highest BCUT2D eigenvalue weighted by Crippen LogP contribution is 2.19. The van der Waals surface area contributed by atoms with E-state index in [-0.39, 0.29) is 11.8 Å². The van der Waals surface area contributed by atoms with Crippen LogP contribution >= 0.6 is 27.7 Å². The zero-order chi connectivity index (χ0) is 22.1. The van der Waals surface area contributed by atoms with Gasteiger partial charge in [0.2, 0.25) is 11.8 Å². The van der Waals surface area contributed by atoms with Crippen LogP contribution < -0.4 is 5.32 Å². The van der Waals surface area contributed by atoms with Gasteiger partial charge >= 0.3 is 0 Å². The van der Waals surface area contributed by atoms with Crippen LogP contribution in [0.5, 0.6) is 0 Å². The van der Waals surface area contributed by atoms with Crippen molar-refractivity contribution in [2.45, 2.75) is 46.0 Å². The third-order valence-electron chi connectivity index (χ3n) is 4.86.